The van der Waals surface area contributed by atoms with Gasteiger partial charge in [0, 0.05) is 12.1 Å². The molecule has 2 rings (SSSR count). The first-order valence-electron chi connectivity index (χ1n) is 6.44. The molecule has 4 nitrogen and oxygen atoms in total. The molecule has 1 aliphatic carbocycles. The first-order chi connectivity index (χ1) is 9.01. The Bertz CT molecular complexity index is 461. The molecule has 0 aromatic heterocycles. The first kappa shape index (κ1) is 14.2. The lowest BCUT2D eigenvalue weighted by molar-refractivity contribution is -0.139. The van der Waals surface area contributed by atoms with Crippen LogP contribution in [0.1, 0.15) is 19.3 Å². The third kappa shape index (κ3) is 3.39. The Morgan fingerprint density at radius 1 is 1.53 bits per heavy atom. The molecule has 0 atom stereocenters. The molecule has 0 unspecified atom stereocenters. The third-order valence-electron chi connectivity index (χ3n) is 3.51. The van der Waals surface area contributed by atoms with Gasteiger partial charge >= 0.3 is 0 Å². The van der Waals surface area contributed by atoms with Crippen LogP contribution in [0.5, 0.6) is 5.75 Å². The van der Waals surface area contributed by atoms with Crippen molar-refractivity contribution < 1.29 is 9.53 Å². The molecule has 5 heteroatoms. The first-order valence-corrected chi connectivity index (χ1v) is 6.82. The predicted octanol–water partition coefficient (Wildman–Crippen LogP) is 2.06. The molecule has 1 fully saturated rings. The van der Waals surface area contributed by atoms with Gasteiger partial charge in [0.25, 0.3) is 0 Å². The summed E-state index contributed by atoms with van der Waals surface area (Å²) in [5.41, 5.74) is 5.37. The van der Waals surface area contributed by atoms with Crippen LogP contribution < -0.4 is 10.5 Å². The van der Waals surface area contributed by atoms with Crippen molar-refractivity contribution in [3.8, 4) is 5.75 Å². The SMILES string of the molecule is CN(CCOc1cccc(Cl)c1)C(=O)C1(N)CCC1. The van der Waals surface area contributed by atoms with Crippen molar-refractivity contribution in [2.75, 3.05) is 20.2 Å². The van der Waals surface area contributed by atoms with Crippen molar-refractivity contribution >= 4 is 17.5 Å². The van der Waals surface area contributed by atoms with Gasteiger partial charge in [-0.05, 0) is 37.5 Å². The number of carbonyl (C=O) groups is 1. The highest BCUT2D eigenvalue weighted by molar-refractivity contribution is 6.30. The summed E-state index contributed by atoms with van der Waals surface area (Å²) >= 11 is 5.86. The number of nitrogens with zero attached hydrogens (tertiary/aromatic N) is 1. The summed E-state index contributed by atoms with van der Waals surface area (Å²) in [6.45, 7) is 0.947. The molecule has 0 radical (unpaired) electrons. The molecule has 0 spiro atoms. The number of benzene rings is 1. The van der Waals surface area contributed by atoms with E-state index in [1.54, 1.807) is 24.1 Å². The van der Waals surface area contributed by atoms with Gasteiger partial charge in [0.05, 0.1) is 12.1 Å². The highest BCUT2D eigenvalue weighted by Gasteiger charge is 2.41. The summed E-state index contributed by atoms with van der Waals surface area (Å²) in [7, 11) is 1.76. The van der Waals surface area contributed by atoms with E-state index in [1.807, 2.05) is 12.1 Å². The Kier molecular flexibility index (Phi) is 4.32. The standard InChI is InChI=1S/C14H19ClN2O2/c1-17(13(18)14(16)6-3-7-14)8-9-19-12-5-2-4-11(15)10-12/h2,4-5,10H,3,6-9,16H2,1H3. The number of amides is 1. The second-order valence-electron chi connectivity index (χ2n) is 5.04. The Balaban J connectivity index is 1.77. The van der Waals surface area contributed by atoms with E-state index in [4.69, 9.17) is 22.1 Å². The molecule has 1 aromatic carbocycles. The lowest BCUT2D eigenvalue weighted by atomic mass is 9.77. The fraction of sp³-hybridized carbons (Fsp3) is 0.500. The van der Waals surface area contributed by atoms with E-state index in [2.05, 4.69) is 0 Å². The lowest BCUT2D eigenvalue weighted by Gasteiger charge is -2.39. The number of nitrogens with two attached hydrogens (primary N) is 1. The zero-order valence-corrected chi connectivity index (χ0v) is 11.8. The van der Waals surface area contributed by atoms with Crippen LogP contribution in [0.2, 0.25) is 5.02 Å². The Morgan fingerprint density at radius 2 is 2.26 bits per heavy atom. The van der Waals surface area contributed by atoms with E-state index >= 15 is 0 Å². The van der Waals surface area contributed by atoms with Gasteiger partial charge in [-0.1, -0.05) is 17.7 Å². The van der Waals surface area contributed by atoms with E-state index in [-0.39, 0.29) is 5.91 Å². The summed E-state index contributed by atoms with van der Waals surface area (Å²) in [6.07, 6.45) is 2.60. The van der Waals surface area contributed by atoms with Gasteiger partial charge in [0.2, 0.25) is 5.91 Å². The second-order valence-corrected chi connectivity index (χ2v) is 5.48. The molecule has 0 aliphatic heterocycles. The molecule has 0 bridgehead atoms. The minimum atomic E-state index is -0.634. The van der Waals surface area contributed by atoms with Gasteiger partial charge in [-0.2, -0.15) is 0 Å². The van der Waals surface area contributed by atoms with Crippen LogP contribution in [0.4, 0.5) is 0 Å². The topological polar surface area (TPSA) is 55.6 Å². The average Bonchev–Trinajstić information content (AvgIpc) is 2.35. The number of rotatable bonds is 5. The van der Waals surface area contributed by atoms with Gasteiger partial charge in [-0.25, -0.2) is 0 Å². The quantitative estimate of drug-likeness (QED) is 0.899. The summed E-state index contributed by atoms with van der Waals surface area (Å²) in [4.78, 5) is 13.7. The number of ether oxygens (including phenoxy) is 1. The highest BCUT2D eigenvalue weighted by Crippen LogP contribution is 2.30. The second kappa shape index (κ2) is 5.80. The summed E-state index contributed by atoms with van der Waals surface area (Å²) < 4.78 is 5.55. The van der Waals surface area contributed by atoms with Crippen molar-refractivity contribution in [3.05, 3.63) is 29.3 Å². The van der Waals surface area contributed by atoms with Gasteiger partial charge in [-0.15, -0.1) is 0 Å². The van der Waals surface area contributed by atoms with Gasteiger partial charge in [0.15, 0.2) is 0 Å². The number of carbonyl (C=O) groups excluding carboxylic acids is 1. The van der Waals surface area contributed by atoms with E-state index < -0.39 is 5.54 Å². The maximum atomic E-state index is 12.1. The van der Waals surface area contributed by atoms with Crippen LogP contribution in [-0.2, 0) is 4.79 Å². The van der Waals surface area contributed by atoms with Crippen LogP contribution in [0.15, 0.2) is 24.3 Å². The van der Waals surface area contributed by atoms with Crippen molar-refractivity contribution in [2.45, 2.75) is 24.8 Å². The van der Waals surface area contributed by atoms with Crippen molar-refractivity contribution in [1.29, 1.82) is 0 Å². The lowest BCUT2D eigenvalue weighted by Crippen LogP contribution is -2.59. The van der Waals surface area contributed by atoms with E-state index in [0.717, 1.165) is 19.3 Å². The fourth-order valence-corrected chi connectivity index (χ4v) is 2.29. The monoisotopic (exact) mass is 282 g/mol. The molecular formula is C14H19ClN2O2. The van der Waals surface area contributed by atoms with Gasteiger partial charge < -0.3 is 15.4 Å². The van der Waals surface area contributed by atoms with Crippen molar-refractivity contribution in [3.63, 3.8) is 0 Å². The smallest absolute Gasteiger partial charge is 0.242 e. The van der Waals surface area contributed by atoms with Crippen LogP contribution in [-0.4, -0.2) is 36.5 Å². The zero-order chi connectivity index (χ0) is 13.9. The summed E-state index contributed by atoms with van der Waals surface area (Å²) in [5.74, 6) is 0.716. The minimum absolute atomic E-state index is 0.00782. The minimum Gasteiger partial charge on any atom is -0.492 e. The van der Waals surface area contributed by atoms with E-state index in [1.165, 1.54) is 0 Å². The Labute approximate surface area is 118 Å². The molecule has 0 heterocycles. The molecular weight excluding hydrogens is 264 g/mol. The molecule has 1 saturated carbocycles. The average molecular weight is 283 g/mol. The van der Waals surface area contributed by atoms with Crippen molar-refractivity contribution in [1.82, 2.24) is 4.90 Å². The number of halogens is 1. The zero-order valence-electron chi connectivity index (χ0n) is 11.1. The van der Waals surface area contributed by atoms with Gasteiger partial charge in [0.1, 0.15) is 12.4 Å². The predicted molar refractivity (Wildman–Crippen MR) is 75.4 cm³/mol. The summed E-state index contributed by atoms with van der Waals surface area (Å²) in [6, 6.07) is 7.21. The number of likely N-dealkylation sites (N-methyl/N-ethyl adjacent to an activating group) is 1. The summed E-state index contributed by atoms with van der Waals surface area (Å²) in [5, 5.41) is 0.636. The highest BCUT2D eigenvalue weighted by atomic mass is 35.5. The Hall–Kier alpha value is -1.26. The fourth-order valence-electron chi connectivity index (χ4n) is 2.11. The largest absolute Gasteiger partial charge is 0.492 e. The van der Waals surface area contributed by atoms with Crippen LogP contribution >= 0.6 is 11.6 Å². The molecule has 104 valence electrons. The van der Waals surface area contributed by atoms with Crippen LogP contribution in [0.3, 0.4) is 0 Å². The number of hydrogen-bond donors (Lipinski definition) is 1. The molecule has 1 amide bonds. The van der Waals surface area contributed by atoms with E-state index in [0.29, 0.717) is 23.9 Å². The van der Waals surface area contributed by atoms with Crippen LogP contribution in [0, 0.1) is 0 Å². The van der Waals surface area contributed by atoms with Crippen molar-refractivity contribution in [2.24, 2.45) is 5.73 Å². The molecule has 1 aliphatic rings. The molecule has 1 aromatic rings. The normalized spacial score (nSPS) is 16.6. The van der Waals surface area contributed by atoms with Gasteiger partial charge in [-0.3, -0.25) is 4.79 Å². The molecule has 0 saturated heterocycles. The molecule has 19 heavy (non-hydrogen) atoms. The van der Waals surface area contributed by atoms with E-state index in [9.17, 15) is 4.79 Å². The third-order valence-corrected chi connectivity index (χ3v) is 3.75. The maximum Gasteiger partial charge on any atom is 0.242 e. The number of hydrogen-bond acceptors (Lipinski definition) is 3. The molecule has 2 N–H and O–H groups in total. The maximum absolute atomic E-state index is 12.1. The van der Waals surface area contributed by atoms with Crippen LogP contribution in [0.25, 0.3) is 0 Å². The Morgan fingerprint density at radius 3 is 2.84 bits per heavy atom.